The molecular formula is C9H17NO5S. The predicted octanol–water partition coefficient (Wildman–Crippen LogP) is 0.538. The number of sulfone groups is 1. The Bertz CT molecular complexity index is 340. The van der Waals surface area contributed by atoms with Crippen molar-refractivity contribution >= 4 is 15.9 Å². The molecule has 7 heteroatoms. The van der Waals surface area contributed by atoms with Gasteiger partial charge in [0.1, 0.15) is 16.1 Å². The third kappa shape index (κ3) is 4.36. The van der Waals surface area contributed by atoms with Gasteiger partial charge in [-0.3, -0.25) is 4.90 Å². The highest BCUT2D eigenvalue weighted by Gasteiger charge is 2.26. The van der Waals surface area contributed by atoms with Gasteiger partial charge in [-0.15, -0.1) is 0 Å². The first-order valence-electron chi connectivity index (χ1n) is 5.19. The van der Waals surface area contributed by atoms with E-state index in [2.05, 4.69) is 0 Å². The molecule has 1 aliphatic rings. The zero-order chi connectivity index (χ0) is 12.2. The minimum Gasteiger partial charge on any atom is -0.465 e. The van der Waals surface area contributed by atoms with Gasteiger partial charge >= 0.3 is 6.09 Å². The average Bonchev–Trinajstić information content (AvgIpc) is 2.16. The van der Waals surface area contributed by atoms with Crippen molar-refractivity contribution in [2.75, 3.05) is 25.2 Å². The van der Waals surface area contributed by atoms with Crippen molar-refractivity contribution in [3.8, 4) is 0 Å². The molecule has 16 heavy (non-hydrogen) atoms. The Morgan fingerprint density at radius 3 is 2.75 bits per heavy atom. The smallest absolute Gasteiger partial charge is 0.409 e. The van der Waals surface area contributed by atoms with Gasteiger partial charge in [0, 0.05) is 12.8 Å². The van der Waals surface area contributed by atoms with Gasteiger partial charge in [-0.2, -0.15) is 0 Å². The van der Waals surface area contributed by atoms with E-state index in [0.717, 1.165) is 19.1 Å². The summed E-state index contributed by atoms with van der Waals surface area (Å²) in [6.45, 7) is 0.506. The third-order valence-electron chi connectivity index (χ3n) is 2.46. The molecule has 1 saturated heterocycles. The molecule has 6 nitrogen and oxygen atoms in total. The summed E-state index contributed by atoms with van der Waals surface area (Å²) >= 11 is 0. The summed E-state index contributed by atoms with van der Waals surface area (Å²) in [6.07, 6.45) is 2.01. The van der Waals surface area contributed by atoms with Gasteiger partial charge in [-0.25, -0.2) is 13.2 Å². The minimum absolute atomic E-state index is 0.0489. The standard InChI is InChI=1S/C9H17NO5S/c1-16(13,14)7-6-15-8-4-2-3-5-10(8)9(11)12/h8H,2-7H2,1H3,(H,11,12). The van der Waals surface area contributed by atoms with Crippen LogP contribution in [0.5, 0.6) is 0 Å². The highest BCUT2D eigenvalue weighted by atomic mass is 32.2. The first kappa shape index (κ1) is 13.2. The summed E-state index contributed by atoms with van der Waals surface area (Å²) in [5, 5.41) is 8.90. The second kappa shape index (κ2) is 5.49. The van der Waals surface area contributed by atoms with Crippen LogP contribution in [0.15, 0.2) is 0 Å². The summed E-state index contributed by atoms with van der Waals surface area (Å²) in [5.74, 6) is -0.0725. The van der Waals surface area contributed by atoms with Crippen LogP contribution in [0.4, 0.5) is 4.79 Å². The molecule has 1 heterocycles. The van der Waals surface area contributed by atoms with Crippen molar-refractivity contribution < 1.29 is 23.1 Å². The third-order valence-corrected chi connectivity index (χ3v) is 3.37. The molecule has 0 saturated carbocycles. The van der Waals surface area contributed by atoms with Gasteiger partial charge < -0.3 is 9.84 Å². The molecule has 1 N–H and O–H groups in total. The molecular weight excluding hydrogens is 234 g/mol. The molecule has 1 fully saturated rings. The number of likely N-dealkylation sites (tertiary alicyclic amines) is 1. The van der Waals surface area contributed by atoms with E-state index in [4.69, 9.17) is 9.84 Å². The number of piperidine rings is 1. The van der Waals surface area contributed by atoms with Crippen molar-refractivity contribution in [3.63, 3.8) is 0 Å². The minimum atomic E-state index is -3.05. The highest BCUT2D eigenvalue weighted by molar-refractivity contribution is 7.90. The maximum absolute atomic E-state index is 10.9. The number of carbonyl (C=O) groups is 1. The van der Waals surface area contributed by atoms with Crippen LogP contribution in [0.3, 0.4) is 0 Å². The average molecular weight is 251 g/mol. The normalized spacial score (nSPS) is 22.1. The first-order chi connectivity index (χ1) is 7.40. The molecule has 0 bridgehead atoms. The van der Waals surface area contributed by atoms with E-state index >= 15 is 0 Å². The van der Waals surface area contributed by atoms with Gasteiger partial charge in [0.05, 0.1) is 12.4 Å². The zero-order valence-corrected chi connectivity index (χ0v) is 10.1. The zero-order valence-electron chi connectivity index (χ0n) is 9.26. The first-order valence-corrected chi connectivity index (χ1v) is 7.25. The molecule has 1 amide bonds. The van der Waals surface area contributed by atoms with Crippen LogP contribution in [-0.2, 0) is 14.6 Å². The second-order valence-corrected chi connectivity index (χ2v) is 6.19. The van der Waals surface area contributed by atoms with Crippen LogP contribution in [0, 0.1) is 0 Å². The molecule has 1 aliphatic heterocycles. The maximum atomic E-state index is 10.9. The molecule has 0 aliphatic carbocycles. The van der Waals surface area contributed by atoms with Crippen LogP contribution < -0.4 is 0 Å². The summed E-state index contributed by atoms with van der Waals surface area (Å²) in [7, 11) is -3.05. The fourth-order valence-corrected chi connectivity index (χ4v) is 2.03. The van der Waals surface area contributed by atoms with Crippen molar-refractivity contribution in [3.05, 3.63) is 0 Å². The molecule has 0 aromatic rings. The van der Waals surface area contributed by atoms with E-state index in [-0.39, 0.29) is 12.4 Å². The Kier molecular flexibility index (Phi) is 4.55. The lowest BCUT2D eigenvalue weighted by molar-refractivity contribution is -0.0608. The summed E-state index contributed by atoms with van der Waals surface area (Å²) in [6, 6.07) is 0. The Hall–Kier alpha value is -0.820. The number of hydrogen-bond donors (Lipinski definition) is 1. The number of ether oxygens (including phenoxy) is 1. The van der Waals surface area contributed by atoms with E-state index in [1.54, 1.807) is 0 Å². The molecule has 1 rings (SSSR count). The number of amides is 1. The topological polar surface area (TPSA) is 83.9 Å². The number of carboxylic acid groups (broad SMARTS) is 1. The number of hydrogen-bond acceptors (Lipinski definition) is 4. The largest absolute Gasteiger partial charge is 0.465 e. The van der Waals surface area contributed by atoms with Crippen molar-refractivity contribution in [1.82, 2.24) is 4.90 Å². The van der Waals surface area contributed by atoms with Crippen molar-refractivity contribution in [2.24, 2.45) is 0 Å². The van der Waals surface area contributed by atoms with E-state index in [1.807, 2.05) is 0 Å². The van der Waals surface area contributed by atoms with E-state index < -0.39 is 22.2 Å². The molecule has 0 aromatic carbocycles. The lowest BCUT2D eigenvalue weighted by Crippen LogP contribution is -2.44. The maximum Gasteiger partial charge on any atom is 0.409 e. The van der Waals surface area contributed by atoms with Crippen LogP contribution in [-0.4, -0.2) is 55.9 Å². The highest BCUT2D eigenvalue weighted by Crippen LogP contribution is 2.17. The van der Waals surface area contributed by atoms with E-state index in [0.29, 0.717) is 13.0 Å². The van der Waals surface area contributed by atoms with Crippen molar-refractivity contribution in [2.45, 2.75) is 25.5 Å². The molecule has 94 valence electrons. The fraction of sp³-hybridized carbons (Fsp3) is 0.889. The van der Waals surface area contributed by atoms with E-state index in [9.17, 15) is 13.2 Å². The van der Waals surface area contributed by atoms with Crippen LogP contribution in [0.2, 0.25) is 0 Å². The fourth-order valence-electron chi connectivity index (χ4n) is 1.63. The van der Waals surface area contributed by atoms with Gasteiger partial charge in [0.2, 0.25) is 0 Å². The van der Waals surface area contributed by atoms with Gasteiger partial charge in [0.25, 0.3) is 0 Å². The molecule has 0 radical (unpaired) electrons. The molecule has 0 aromatic heterocycles. The lowest BCUT2D eigenvalue weighted by atomic mass is 10.1. The monoisotopic (exact) mass is 251 g/mol. The van der Waals surface area contributed by atoms with E-state index in [1.165, 1.54) is 4.90 Å². The Morgan fingerprint density at radius 1 is 1.50 bits per heavy atom. The summed E-state index contributed by atoms with van der Waals surface area (Å²) in [5.41, 5.74) is 0. The quantitative estimate of drug-likeness (QED) is 0.788. The Morgan fingerprint density at radius 2 is 2.19 bits per heavy atom. The van der Waals surface area contributed by atoms with Crippen LogP contribution in [0.1, 0.15) is 19.3 Å². The SMILES string of the molecule is CS(=O)(=O)CCOC1CCCCN1C(=O)O. The summed E-state index contributed by atoms with van der Waals surface area (Å²) < 4.78 is 27.1. The Labute approximate surface area is 95.1 Å². The Balaban J connectivity index is 2.41. The molecule has 1 atom stereocenters. The summed E-state index contributed by atoms with van der Waals surface area (Å²) in [4.78, 5) is 12.1. The predicted molar refractivity (Wildman–Crippen MR) is 58.0 cm³/mol. The van der Waals surface area contributed by atoms with Crippen LogP contribution in [0.25, 0.3) is 0 Å². The lowest BCUT2D eigenvalue weighted by Gasteiger charge is -2.33. The van der Waals surface area contributed by atoms with Crippen molar-refractivity contribution in [1.29, 1.82) is 0 Å². The molecule has 0 spiro atoms. The number of nitrogens with zero attached hydrogens (tertiary/aromatic N) is 1. The van der Waals surface area contributed by atoms with Gasteiger partial charge in [-0.1, -0.05) is 0 Å². The number of rotatable bonds is 4. The second-order valence-electron chi connectivity index (χ2n) is 3.93. The van der Waals surface area contributed by atoms with Gasteiger partial charge in [-0.05, 0) is 19.3 Å². The van der Waals surface area contributed by atoms with Crippen LogP contribution >= 0.6 is 0 Å². The van der Waals surface area contributed by atoms with Gasteiger partial charge in [0.15, 0.2) is 0 Å². The molecule has 1 unspecified atom stereocenters.